The van der Waals surface area contributed by atoms with Crippen LogP contribution in [-0.2, 0) is 16.1 Å². The molecule has 0 aliphatic carbocycles. The highest BCUT2D eigenvalue weighted by Crippen LogP contribution is 2.33. The van der Waals surface area contributed by atoms with Gasteiger partial charge < -0.3 is 15.4 Å². The average Bonchev–Trinajstić information content (AvgIpc) is 3.25. The largest absolute Gasteiger partial charge is 0.384 e. The number of benzene rings is 1. The molecule has 0 saturated carbocycles. The van der Waals surface area contributed by atoms with E-state index in [1.54, 1.807) is 6.20 Å². The summed E-state index contributed by atoms with van der Waals surface area (Å²) in [6.07, 6.45) is 5.46. The van der Waals surface area contributed by atoms with Gasteiger partial charge in [-0.05, 0) is 36.1 Å². The maximum absolute atomic E-state index is 12.7. The first kappa shape index (κ1) is 19.1. The van der Waals surface area contributed by atoms with E-state index in [0.29, 0.717) is 19.0 Å². The monoisotopic (exact) mass is 391 g/mol. The number of H-pyrrole nitrogens is 1. The van der Waals surface area contributed by atoms with Crippen LogP contribution in [0.3, 0.4) is 0 Å². The molecule has 0 spiro atoms. The normalized spacial score (nSPS) is 16.7. The van der Waals surface area contributed by atoms with E-state index in [0.717, 1.165) is 41.8 Å². The molecule has 3 N–H and O–H groups in total. The number of anilines is 1. The number of carbonyl (C=O) groups excluding carboxylic acids is 1. The first-order valence-corrected chi connectivity index (χ1v) is 9.85. The Bertz CT molecular complexity index is 957. The van der Waals surface area contributed by atoms with Crippen LogP contribution in [0, 0.1) is 0 Å². The van der Waals surface area contributed by atoms with E-state index >= 15 is 0 Å². The van der Waals surface area contributed by atoms with Gasteiger partial charge in [-0.25, -0.2) is 4.98 Å². The fourth-order valence-electron chi connectivity index (χ4n) is 3.81. The Morgan fingerprint density at radius 1 is 1.28 bits per heavy atom. The van der Waals surface area contributed by atoms with Crippen LogP contribution in [0.15, 0.2) is 54.9 Å². The highest BCUT2D eigenvalue weighted by atomic mass is 16.5. The van der Waals surface area contributed by atoms with E-state index in [-0.39, 0.29) is 18.4 Å². The quantitative estimate of drug-likeness (QED) is 0.673. The van der Waals surface area contributed by atoms with Crippen molar-refractivity contribution >= 4 is 11.7 Å². The molecule has 1 aliphatic heterocycles. The Kier molecular flexibility index (Phi) is 5.86. The molecule has 4 rings (SSSR count). The summed E-state index contributed by atoms with van der Waals surface area (Å²) < 4.78 is 5.63. The lowest BCUT2D eigenvalue weighted by Gasteiger charge is -2.32. The van der Waals surface area contributed by atoms with Gasteiger partial charge in [-0.15, -0.1) is 0 Å². The number of nitrogens with two attached hydrogens (primary N) is 1. The number of piperidine rings is 1. The van der Waals surface area contributed by atoms with Crippen LogP contribution in [0.1, 0.15) is 30.0 Å². The third-order valence-electron chi connectivity index (χ3n) is 5.28. The lowest BCUT2D eigenvalue weighted by Crippen LogP contribution is -2.41. The average molecular weight is 391 g/mol. The predicted molar refractivity (Wildman–Crippen MR) is 111 cm³/mol. The molecule has 1 amide bonds. The summed E-state index contributed by atoms with van der Waals surface area (Å²) in [5, 5.41) is 7.38. The van der Waals surface area contributed by atoms with E-state index in [9.17, 15) is 4.79 Å². The molecular formula is C22H25N5O2. The van der Waals surface area contributed by atoms with Gasteiger partial charge >= 0.3 is 0 Å². The number of hydrogen-bond acceptors (Lipinski definition) is 5. The number of aromatic amines is 1. The molecule has 2 aromatic heterocycles. The minimum atomic E-state index is 0.0276. The number of nitrogens with one attached hydrogen (secondary N) is 1. The Morgan fingerprint density at radius 2 is 2.14 bits per heavy atom. The molecule has 0 radical (unpaired) electrons. The summed E-state index contributed by atoms with van der Waals surface area (Å²) in [7, 11) is 0. The highest BCUT2D eigenvalue weighted by Gasteiger charge is 2.27. The summed E-state index contributed by atoms with van der Waals surface area (Å²) in [5.41, 5.74) is 9.94. The maximum atomic E-state index is 12.7. The molecule has 1 saturated heterocycles. The van der Waals surface area contributed by atoms with Crippen molar-refractivity contribution in [2.75, 3.05) is 25.4 Å². The number of amides is 1. The van der Waals surface area contributed by atoms with E-state index in [1.165, 1.54) is 0 Å². The second kappa shape index (κ2) is 8.87. The number of rotatable bonds is 6. The van der Waals surface area contributed by atoms with Crippen LogP contribution < -0.4 is 5.73 Å². The van der Waals surface area contributed by atoms with Crippen LogP contribution in [0.25, 0.3) is 11.1 Å². The van der Waals surface area contributed by atoms with E-state index in [1.807, 2.05) is 53.6 Å². The first-order valence-electron chi connectivity index (χ1n) is 9.85. The van der Waals surface area contributed by atoms with Gasteiger partial charge in [0.25, 0.3) is 0 Å². The van der Waals surface area contributed by atoms with Crippen molar-refractivity contribution in [1.82, 2.24) is 20.1 Å². The second-order valence-electron chi connectivity index (χ2n) is 7.32. The molecule has 1 fully saturated rings. The molecule has 0 bridgehead atoms. The standard InChI is InChI=1S/C22H25N5O2/c23-20-11-17(8-9-24-20)19-12-25-26-22(19)18-7-4-10-27(13-18)21(28)15-29-14-16-5-2-1-3-6-16/h1-3,5-6,8-9,11-12,18H,4,7,10,13-15H2,(H2,23,24)(H,25,26). The number of hydrogen-bond donors (Lipinski definition) is 2. The Labute approximate surface area is 169 Å². The smallest absolute Gasteiger partial charge is 0.248 e. The molecule has 1 atom stereocenters. The van der Waals surface area contributed by atoms with Crippen LogP contribution in [-0.4, -0.2) is 45.7 Å². The molecule has 7 heteroatoms. The van der Waals surface area contributed by atoms with Gasteiger partial charge in [-0.2, -0.15) is 5.10 Å². The zero-order valence-electron chi connectivity index (χ0n) is 16.3. The number of pyridine rings is 1. The van der Waals surface area contributed by atoms with Crippen molar-refractivity contribution in [3.05, 3.63) is 66.1 Å². The number of ether oxygens (including phenoxy) is 1. The molecule has 7 nitrogen and oxygen atoms in total. The summed E-state index contributed by atoms with van der Waals surface area (Å²) >= 11 is 0. The fraction of sp³-hybridized carbons (Fsp3) is 0.318. The van der Waals surface area contributed by atoms with Crippen molar-refractivity contribution < 1.29 is 9.53 Å². The molecule has 29 heavy (non-hydrogen) atoms. The van der Waals surface area contributed by atoms with Crippen molar-refractivity contribution in [3.8, 4) is 11.1 Å². The Balaban J connectivity index is 1.39. The third-order valence-corrected chi connectivity index (χ3v) is 5.28. The Hall–Kier alpha value is -3.19. The third kappa shape index (κ3) is 4.63. The molecule has 3 aromatic rings. The van der Waals surface area contributed by atoms with E-state index in [4.69, 9.17) is 10.5 Å². The van der Waals surface area contributed by atoms with Gasteiger partial charge in [0.1, 0.15) is 12.4 Å². The fourth-order valence-corrected chi connectivity index (χ4v) is 3.81. The molecule has 150 valence electrons. The SMILES string of the molecule is Nc1cc(-c2cn[nH]c2C2CCCN(C(=O)COCc3ccccc3)C2)ccn1. The van der Waals surface area contributed by atoms with Gasteiger partial charge in [0.2, 0.25) is 5.91 Å². The van der Waals surface area contributed by atoms with Crippen LogP contribution in [0.2, 0.25) is 0 Å². The summed E-state index contributed by atoms with van der Waals surface area (Å²) in [4.78, 5) is 18.6. The zero-order chi connectivity index (χ0) is 20.1. The number of nitrogen functional groups attached to an aromatic ring is 1. The Morgan fingerprint density at radius 3 is 2.97 bits per heavy atom. The summed E-state index contributed by atoms with van der Waals surface area (Å²) in [6, 6.07) is 13.7. The van der Waals surface area contributed by atoms with Gasteiger partial charge in [-0.3, -0.25) is 9.89 Å². The lowest BCUT2D eigenvalue weighted by atomic mass is 9.90. The van der Waals surface area contributed by atoms with Crippen molar-refractivity contribution in [2.45, 2.75) is 25.4 Å². The van der Waals surface area contributed by atoms with E-state index in [2.05, 4.69) is 15.2 Å². The van der Waals surface area contributed by atoms with Crippen molar-refractivity contribution in [2.24, 2.45) is 0 Å². The van der Waals surface area contributed by atoms with Gasteiger partial charge in [0.05, 0.1) is 12.8 Å². The molecule has 1 aliphatic rings. The molecule has 1 unspecified atom stereocenters. The molecular weight excluding hydrogens is 366 g/mol. The second-order valence-corrected chi connectivity index (χ2v) is 7.32. The summed E-state index contributed by atoms with van der Waals surface area (Å²) in [5.74, 6) is 0.708. The van der Waals surface area contributed by atoms with Crippen LogP contribution >= 0.6 is 0 Å². The summed E-state index contributed by atoms with van der Waals surface area (Å²) in [6.45, 7) is 1.95. The van der Waals surface area contributed by atoms with Crippen molar-refractivity contribution in [3.63, 3.8) is 0 Å². The first-order chi connectivity index (χ1) is 14.2. The molecule has 3 heterocycles. The van der Waals surface area contributed by atoms with Gasteiger partial charge in [0, 0.05) is 36.5 Å². The number of nitrogens with zero attached hydrogens (tertiary/aromatic N) is 3. The predicted octanol–water partition coefficient (Wildman–Crippen LogP) is 2.98. The lowest BCUT2D eigenvalue weighted by molar-refractivity contribution is -0.137. The van der Waals surface area contributed by atoms with Gasteiger partial charge in [-0.1, -0.05) is 30.3 Å². The highest BCUT2D eigenvalue weighted by molar-refractivity contribution is 5.77. The zero-order valence-corrected chi connectivity index (χ0v) is 16.3. The minimum absolute atomic E-state index is 0.0276. The van der Waals surface area contributed by atoms with Crippen molar-refractivity contribution in [1.29, 1.82) is 0 Å². The van der Waals surface area contributed by atoms with Crippen LogP contribution in [0.5, 0.6) is 0 Å². The minimum Gasteiger partial charge on any atom is -0.384 e. The molecule has 1 aromatic carbocycles. The van der Waals surface area contributed by atoms with E-state index < -0.39 is 0 Å². The number of carbonyl (C=O) groups is 1. The number of aromatic nitrogens is 3. The number of likely N-dealkylation sites (tertiary alicyclic amines) is 1. The van der Waals surface area contributed by atoms with Crippen LogP contribution in [0.4, 0.5) is 5.82 Å². The van der Waals surface area contributed by atoms with Gasteiger partial charge in [0.15, 0.2) is 0 Å². The topological polar surface area (TPSA) is 97.1 Å². The maximum Gasteiger partial charge on any atom is 0.248 e.